The van der Waals surface area contributed by atoms with E-state index < -0.39 is 0 Å². The van der Waals surface area contributed by atoms with E-state index in [1.54, 1.807) is 11.1 Å². The second-order valence-corrected chi connectivity index (χ2v) is 4.28. The van der Waals surface area contributed by atoms with Crippen LogP contribution in [0.2, 0.25) is 5.28 Å². The fraction of sp³-hybridized carbons (Fsp3) is 0.500. The number of carbonyl (C=O) groups is 1. The molecular weight excluding hydrogens is 230 g/mol. The fourth-order valence-electron chi connectivity index (χ4n) is 2.18. The minimum atomic E-state index is 0.0575. The Balaban J connectivity index is 2.00. The Kier molecular flexibility index (Phi) is 2.29. The molecule has 1 aromatic rings. The monoisotopic (exact) mass is 239 g/mol. The molecule has 1 aromatic heterocycles. The first-order valence-corrected chi connectivity index (χ1v) is 5.55. The van der Waals surface area contributed by atoms with Crippen LogP contribution in [0.1, 0.15) is 12.0 Å². The van der Waals surface area contributed by atoms with Crippen LogP contribution in [-0.4, -0.2) is 35.1 Å². The topological polar surface area (TPSA) is 55.3 Å². The summed E-state index contributed by atoms with van der Waals surface area (Å²) in [5, 5.41) is 0.178. The zero-order chi connectivity index (χ0) is 11.1. The molecule has 6 heteroatoms. The van der Waals surface area contributed by atoms with Gasteiger partial charge in [-0.05, 0) is 18.0 Å². The molecule has 0 aromatic carbocycles. The maximum absolute atomic E-state index is 11.9. The van der Waals surface area contributed by atoms with Gasteiger partial charge in [-0.3, -0.25) is 9.69 Å². The summed E-state index contributed by atoms with van der Waals surface area (Å²) in [7, 11) is 0. The summed E-state index contributed by atoms with van der Waals surface area (Å²) >= 11 is 5.75. The molecule has 5 nitrogen and oxygen atoms in total. The summed E-state index contributed by atoms with van der Waals surface area (Å²) < 4.78 is 5.29. The number of ether oxygens (including phenoxy) is 1. The minimum Gasteiger partial charge on any atom is -0.379 e. The number of halogens is 1. The van der Waals surface area contributed by atoms with Gasteiger partial charge in [-0.25, -0.2) is 4.98 Å². The van der Waals surface area contributed by atoms with Gasteiger partial charge < -0.3 is 4.74 Å². The second-order valence-electron chi connectivity index (χ2n) is 3.95. The molecule has 1 amide bonds. The molecule has 1 saturated heterocycles. The van der Waals surface area contributed by atoms with Gasteiger partial charge in [-0.1, -0.05) is 0 Å². The van der Waals surface area contributed by atoms with Crippen LogP contribution in [0, 0.1) is 0 Å². The molecule has 3 heterocycles. The van der Waals surface area contributed by atoms with Crippen molar-refractivity contribution in [3.8, 4) is 0 Å². The van der Waals surface area contributed by atoms with Gasteiger partial charge in [-0.15, -0.1) is 0 Å². The van der Waals surface area contributed by atoms with Crippen molar-refractivity contribution in [1.29, 1.82) is 0 Å². The molecule has 0 spiro atoms. The van der Waals surface area contributed by atoms with Crippen molar-refractivity contribution >= 4 is 23.3 Å². The molecule has 16 heavy (non-hydrogen) atoms. The van der Waals surface area contributed by atoms with Crippen LogP contribution in [0.3, 0.4) is 0 Å². The van der Waals surface area contributed by atoms with Gasteiger partial charge in [0.25, 0.3) is 0 Å². The maximum atomic E-state index is 11.9. The zero-order valence-electron chi connectivity index (χ0n) is 8.52. The SMILES string of the molecule is O=C1Cc2cnc(Cl)nc2N1[C@@H]1CCOC1. The van der Waals surface area contributed by atoms with Crippen LogP contribution in [0.4, 0.5) is 5.82 Å². The molecule has 1 atom stereocenters. The quantitative estimate of drug-likeness (QED) is 0.681. The molecule has 3 rings (SSSR count). The highest BCUT2D eigenvalue weighted by Gasteiger charge is 2.36. The van der Waals surface area contributed by atoms with Gasteiger partial charge >= 0.3 is 0 Å². The van der Waals surface area contributed by atoms with Gasteiger partial charge in [-0.2, -0.15) is 4.98 Å². The van der Waals surface area contributed by atoms with E-state index in [-0.39, 0.29) is 17.2 Å². The van der Waals surface area contributed by atoms with Crippen LogP contribution in [0.5, 0.6) is 0 Å². The number of aromatic nitrogens is 2. The van der Waals surface area contributed by atoms with E-state index in [0.717, 1.165) is 12.0 Å². The normalized spacial score (nSPS) is 23.9. The van der Waals surface area contributed by atoms with Crippen LogP contribution < -0.4 is 4.90 Å². The lowest BCUT2D eigenvalue weighted by Gasteiger charge is -2.22. The van der Waals surface area contributed by atoms with Crippen LogP contribution in [0.15, 0.2) is 6.20 Å². The Morgan fingerprint density at radius 1 is 1.56 bits per heavy atom. The highest BCUT2D eigenvalue weighted by Crippen LogP contribution is 2.31. The molecule has 0 unspecified atom stereocenters. The molecule has 2 aliphatic rings. The lowest BCUT2D eigenvalue weighted by molar-refractivity contribution is -0.117. The van der Waals surface area contributed by atoms with E-state index in [2.05, 4.69) is 9.97 Å². The molecule has 0 bridgehead atoms. The first kappa shape index (κ1) is 9.99. The molecule has 0 radical (unpaired) electrons. The number of fused-ring (bicyclic) bond motifs is 1. The summed E-state index contributed by atoms with van der Waals surface area (Å²) in [5.41, 5.74) is 0.848. The van der Waals surface area contributed by atoms with Crippen molar-refractivity contribution in [2.24, 2.45) is 0 Å². The number of carbonyl (C=O) groups excluding carboxylic acids is 1. The van der Waals surface area contributed by atoms with Gasteiger partial charge in [0.1, 0.15) is 5.82 Å². The molecule has 2 aliphatic heterocycles. The van der Waals surface area contributed by atoms with E-state index in [1.165, 1.54) is 0 Å². The van der Waals surface area contributed by atoms with Crippen molar-refractivity contribution in [2.45, 2.75) is 18.9 Å². The fourth-order valence-corrected chi connectivity index (χ4v) is 2.31. The number of hydrogen-bond donors (Lipinski definition) is 0. The summed E-state index contributed by atoms with van der Waals surface area (Å²) in [6.45, 7) is 1.27. The highest BCUT2D eigenvalue weighted by atomic mass is 35.5. The van der Waals surface area contributed by atoms with Crippen molar-refractivity contribution in [2.75, 3.05) is 18.1 Å². The lowest BCUT2D eigenvalue weighted by Crippen LogP contribution is -2.38. The van der Waals surface area contributed by atoms with Crippen LogP contribution >= 0.6 is 11.6 Å². The lowest BCUT2D eigenvalue weighted by atomic mass is 10.2. The predicted octanol–water partition coefficient (Wildman–Crippen LogP) is 0.808. The van der Waals surface area contributed by atoms with Crippen LogP contribution in [0.25, 0.3) is 0 Å². The number of hydrogen-bond acceptors (Lipinski definition) is 4. The largest absolute Gasteiger partial charge is 0.379 e. The van der Waals surface area contributed by atoms with Crippen LogP contribution in [-0.2, 0) is 16.0 Å². The van der Waals surface area contributed by atoms with Crippen molar-refractivity contribution < 1.29 is 9.53 Å². The standard InChI is InChI=1S/C10H10ClN3O2/c11-10-12-4-6-3-8(15)14(9(6)13-10)7-1-2-16-5-7/h4,7H,1-3,5H2/t7-/m1/s1. The molecule has 0 saturated carbocycles. The Hall–Kier alpha value is -1.20. The van der Waals surface area contributed by atoms with Gasteiger partial charge in [0.2, 0.25) is 11.2 Å². The van der Waals surface area contributed by atoms with Gasteiger partial charge in [0.15, 0.2) is 0 Å². The molecule has 1 fully saturated rings. The minimum absolute atomic E-state index is 0.0575. The summed E-state index contributed by atoms with van der Waals surface area (Å²) in [6.07, 6.45) is 2.84. The second kappa shape index (κ2) is 3.68. The highest BCUT2D eigenvalue weighted by molar-refractivity contribution is 6.28. The summed E-state index contributed by atoms with van der Waals surface area (Å²) in [6, 6.07) is 0.0970. The summed E-state index contributed by atoms with van der Waals surface area (Å²) in [5.74, 6) is 0.711. The van der Waals surface area contributed by atoms with E-state index in [0.29, 0.717) is 25.5 Å². The summed E-state index contributed by atoms with van der Waals surface area (Å²) in [4.78, 5) is 21.6. The van der Waals surface area contributed by atoms with E-state index in [1.807, 2.05) is 0 Å². The Bertz CT molecular complexity index is 446. The van der Waals surface area contributed by atoms with E-state index in [9.17, 15) is 4.79 Å². The predicted molar refractivity (Wildman–Crippen MR) is 57.5 cm³/mol. The molecule has 84 valence electrons. The van der Waals surface area contributed by atoms with Crippen molar-refractivity contribution in [1.82, 2.24) is 9.97 Å². The van der Waals surface area contributed by atoms with Crippen molar-refractivity contribution in [3.63, 3.8) is 0 Å². The smallest absolute Gasteiger partial charge is 0.233 e. The molecule has 0 aliphatic carbocycles. The average Bonchev–Trinajstić information content (AvgIpc) is 2.83. The Morgan fingerprint density at radius 2 is 2.44 bits per heavy atom. The van der Waals surface area contributed by atoms with E-state index in [4.69, 9.17) is 16.3 Å². The van der Waals surface area contributed by atoms with Gasteiger partial charge in [0.05, 0.1) is 19.1 Å². The Labute approximate surface area is 97.4 Å². The average molecular weight is 240 g/mol. The number of anilines is 1. The third kappa shape index (κ3) is 1.47. The first-order chi connectivity index (χ1) is 7.75. The van der Waals surface area contributed by atoms with Gasteiger partial charge in [0, 0.05) is 18.4 Å². The van der Waals surface area contributed by atoms with Crippen molar-refractivity contribution in [3.05, 3.63) is 17.0 Å². The van der Waals surface area contributed by atoms with E-state index >= 15 is 0 Å². The zero-order valence-corrected chi connectivity index (χ0v) is 9.28. The molecular formula is C10H10ClN3O2. The number of nitrogens with zero attached hydrogens (tertiary/aromatic N) is 3. The third-order valence-electron chi connectivity index (χ3n) is 2.92. The number of rotatable bonds is 1. The first-order valence-electron chi connectivity index (χ1n) is 5.17. The maximum Gasteiger partial charge on any atom is 0.233 e. The Morgan fingerprint density at radius 3 is 3.19 bits per heavy atom. The molecule has 0 N–H and O–H groups in total. The number of amides is 1. The third-order valence-corrected chi connectivity index (χ3v) is 3.10.